The van der Waals surface area contributed by atoms with E-state index in [1.54, 1.807) is 36.7 Å². The average molecular weight is 486 g/mol. The summed E-state index contributed by atoms with van der Waals surface area (Å²) in [6, 6.07) is 13.8. The number of rotatable bonds is 12. The molecular formula is C22H23N5O6S. The number of aromatic nitrogens is 2. The lowest BCUT2D eigenvalue weighted by molar-refractivity contribution is -0.138. The summed E-state index contributed by atoms with van der Waals surface area (Å²) in [5, 5.41) is 14.8. The van der Waals surface area contributed by atoms with E-state index in [9.17, 15) is 23.1 Å². The summed E-state index contributed by atoms with van der Waals surface area (Å²) < 4.78 is 32.4. The number of carboxylic acids is 1. The zero-order chi connectivity index (χ0) is 24.4. The average Bonchev–Trinajstić information content (AvgIpc) is 2.85. The highest BCUT2D eigenvalue weighted by atomic mass is 32.2. The number of anilines is 1. The van der Waals surface area contributed by atoms with E-state index in [1.165, 1.54) is 36.4 Å². The number of amides is 1. The second-order valence-electron chi connectivity index (χ2n) is 6.91. The summed E-state index contributed by atoms with van der Waals surface area (Å²) in [6.07, 6.45) is 3.24. The molecular weight excluding hydrogens is 462 g/mol. The molecule has 4 N–H and O–H groups in total. The molecule has 11 nitrogen and oxygen atoms in total. The van der Waals surface area contributed by atoms with Gasteiger partial charge in [0.1, 0.15) is 18.4 Å². The van der Waals surface area contributed by atoms with Gasteiger partial charge in [-0.05, 0) is 42.5 Å². The smallest absolute Gasteiger partial charge is 0.323 e. The molecule has 0 saturated heterocycles. The Labute approximate surface area is 196 Å². The Bertz CT molecular complexity index is 1190. The first-order valence-corrected chi connectivity index (χ1v) is 11.7. The Hall–Kier alpha value is -4.03. The predicted molar refractivity (Wildman–Crippen MR) is 123 cm³/mol. The van der Waals surface area contributed by atoms with Crippen molar-refractivity contribution in [2.45, 2.75) is 10.9 Å². The minimum atomic E-state index is -4.06. The minimum Gasteiger partial charge on any atom is -0.492 e. The van der Waals surface area contributed by atoms with E-state index in [0.717, 1.165) is 0 Å². The highest BCUT2D eigenvalue weighted by Gasteiger charge is 2.26. The molecule has 1 aromatic heterocycles. The highest BCUT2D eigenvalue weighted by Crippen LogP contribution is 2.12. The summed E-state index contributed by atoms with van der Waals surface area (Å²) >= 11 is 0. The molecule has 1 heterocycles. The maximum absolute atomic E-state index is 12.4. The highest BCUT2D eigenvalue weighted by molar-refractivity contribution is 7.89. The Morgan fingerprint density at radius 2 is 1.65 bits per heavy atom. The van der Waals surface area contributed by atoms with Gasteiger partial charge in [0, 0.05) is 24.5 Å². The summed E-state index contributed by atoms with van der Waals surface area (Å²) in [7, 11) is -4.06. The number of hydrogen-bond acceptors (Lipinski definition) is 8. The molecule has 3 aromatic rings. The number of hydrogen-bond donors (Lipinski definition) is 4. The van der Waals surface area contributed by atoms with Crippen molar-refractivity contribution in [2.75, 3.05) is 25.0 Å². The Morgan fingerprint density at radius 3 is 2.29 bits per heavy atom. The standard InChI is InChI=1S/C22H23N5O6S/c28-20(26-15-19(21(29)30)27-34(31,32)18-5-2-1-3-6-18)16-7-9-17(10-8-16)33-14-13-25-22-23-11-4-12-24-22/h1-12,19,27H,13-15H2,(H,26,28)(H,29,30)(H,23,24,25). The predicted octanol–water partition coefficient (Wildman–Crippen LogP) is 1.13. The van der Waals surface area contributed by atoms with E-state index in [4.69, 9.17) is 4.74 Å². The number of carboxylic acid groups (broad SMARTS) is 1. The van der Waals surface area contributed by atoms with E-state index in [-0.39, 0.29) is 10.5 Å². The number of carbonyl (C=O) groups is 2. The zero-order valence-corrected chi connectivity index (χ0v) is 18.7. The van der Waals surface area contributed by atoms with Gasteiger partial charge < -0.3 is 20.5 Å². The van der Waals surface area contributed by atoms with Crippen LogP contribution in [0.2, 0.25) is 0 Å². The first-order chi connectivity index (χ1) is 16.3. The van der Waals surface area contributed by atoms with Gasteiger partial charge in [-0.15, -0.1) is 0 Å². The molecule has 1 atom stereocenters. The van der Waals surface area contributed by atoms with Crippen LogP contribution in [-0.4, -0.2) is 61.1 Å². The van der Waals surface area contributed by atoms with Gasteiger partial charge in [-0.25, -0.2) is 18.4 Å². The summed E-state index contributed by atoms with van der Waals surface area (Å²) in [5.41, 5.74) is 0.262. The summed E-state index contributed by atoms with van der Waals surface area (Å²) in [6.45, 7) is 0.374. The summed E-state index contributed by atoms with van der Waals surface area (Å²) in [5.74, 6) is -0.951. The lowest BCUT2D eigenvalue weighted by Gasteiger charge is -2.16. The van der Waals surface area contributed by atoms with Crippen LogP contribution in [0.5, 0.6) is 5.75 Å². The van der Waals surface area contributed by atoms with Gasteiger partial charge in [-0.3, -0.25) is 9.59 Å². The van der Waals surface area contributed by atoms with Gasteiger partial charge >= 0.3 is 5.97 Å². The molecule has 0 bridgehead atoms. The quantitative estimate of drug-likeness (QED) is 0.276. The maximum atomic E-state index is 12.4. The number of nitrogens with zero attached hydrogens (tertiary/aromatic N) is 2. The third-order valence-electron chi connectivity index (χ3n) is 4.45. The van der Waals surface area contributed by atoms with E-state index in [0.29, 0.717) is 24.8 Å². The Balaban J connectivity index is 1.48. The van der Waals surface area contributed by atoms with Crippen LogP contribution in [0.25, 0.3) is 0 Å². The van der Waals surface area contributed by atoms with E-state index >= 15 is 0 Å². The lowest BCUT2D eigenvalue weighted by Crippen LogP contribution is -2.48. The normalized spacial score (nSPS) is 11.9. The number of ether oxygens (including phenoxy) is 1. The molecule has 34 heavy (non-hydrogen) atoms. The minimum absolute atomic E-state index is 0.0744. The topological polar surface area (TPSA) is 160 Å². The summed E-state index contributed by atoms with van der Waals surface area (Å²) in [4.78, 5) is 31.9. The van der Waals surface area contributed by atoms with Crippen LogP contribution in [0.1, 0.15) is 10.4 Å². The van der Waals surface area contributed by atoms with Crippen LogP contribution in [0.3, 0.4) is 0 Å². The van der Waals surface area contributed by atoms with Crippen LogP contribution in [0.4, 0.5) is 5.95 Å². The number of aliphatic carboxylic acids is 1. The first-order valence-electron chi connectivity index (χ1n) is 10.2. The first kappa shape index (κ1) is 24.6. The molecule has 178 valence electrons. The second-order valence-corrected chi connectivity index (χ2v) is 8.62. The van der Waals surface area contributed by atoms with Crippen LogP contribution in [-0.2, 0) is 14.8 Å². The number of carbonyl (C=O) groups excluding carboxylic acids is 1. The number of sulfonamides is 1. The van der Waals surface area contributed by atoms with E-state index in [1.807, 2.05) is 0 Å². The number of benzene rings is 2. The van der Waals surface area contributed by atoms with Crippen LogP contribution < -0.4 is 20.1 Å². The lowest BCUT2D eigenvalue weighted by atomic mass is 10.2. The Kier molecular flexibility index (Phi) is 8.48. The second kappa shape index (κ2) is 11.7. The van der Waals surface area contributed by atoms with E-state index in [2.05, 4.69) is 25.3 Å². The number of nitrogens with one attached hydrogen (secondary N) is 3. The van der Waals surface area contributed by atoms with Crippen LogP contribution in [0.15, 0.2) is 78.0 Å². The van der Waals surface area contributed by atoms with Crippen molar-refractivity contribution in [3.05, 3.63) is 78.6 Å². The largest absolute Gasteiger partial charge is 0.492 e. The van der Waals surface area contributed by atoms with Crippen molar-refractivity contribution in [3.8, 4) is 5.75 Å². The van der Waals surface area contributed by atoms with Crippen molar-refractivity contribution in [1.29, 1.82) is 0 Å². The van der Waals surface area contributed by atoms with Gasteiger partial charge in [0.05, 0.1) is 11.4 Å². The van der Waals surface area contributed by atoms with Crippen molar-refractivity contribution in [2.24, 2.45) is 0 Å². The monoisotopic (exact) mass is 485 g/mol. The van der Waals surface area contributed by atoms with Crippen molar-refractivity contribution >= 4 is 27.8 Å². The molecule has 0 radical (unpaired) electrons. The maximum Gasteiger partial charge on any atom is 0.323 e. The molecule has 0 aliphatic carbocycles. The van der Waals surface area contributed by atoms with Gasteiger partial charge in [-0.2, -0.15) is 4.72 Å². The Morgan fingerprint density at radius 1 is 0.971 bits per heavy atom. The van der Waals surface area contributed by atoms with Crippen molar-refractivity contribution < 1.29 is 27.9 Å². The molecule has 12 heteroatoms. The van der Waals surface area contributed by atoms with Crippen LogP contribution in [0, 0.1) is 0 Å². The fourth-order valence-corrected chi connectivity index (χ4v) is 3.97. The molecule has 0 aliphatic rings. The third kappa shape index (κ3) is 7.25. The van der Waals surface area contributed by atoms with Gasteiger partial charge in [0.2, 0.25) is 16.0 Å². The molecule has 2 aromatic carbocycles. The fourth-order valence-electron chi connectivity index (χ4n) is 2.76. The SMILES string of the molecule is O=C(NCC(NS(=O)(=O)c1ccccc1)C(=O)O)c1ccc(OCCNc2ncccn2)cc1. The van der Waals surface area contributed by atoms with Crippen molar-refractivity contribution in [1.82, 2.24) is 20.0 Å². The zero-order valence-electron chi connectivity index (χ0n) is 17.9. The molecule has 0 fully saturated rings. The molecule has 1 amide bonds. The fraction of sp³-hybridized carbons (Fsp3) is 0.182. The molecule has 0 saturated carbocycles. The van der Waals surface area contributed by atoms with Crippen molar-refractivity contribution in [3.63, 3.8) is 0 Å². The van der Waals surface area contributed by atoms with Crippen LogP contribution >= 0.6 is 0 Å². The van der Waals surface area contributed by atoms with Gasteiger partial charge in [0.15, 0.2) is 0 Å². The van der Waals surface area contributed by atoms with E-state index < -0.39 is 34.5 Å². The van der Waals surface area contributed by atoms with Gasteiger partial charge in [0.25, 0.3) is 5.91 Å². The molecule has 0 spiro atoms. The van der Waals surface area contributed by atoms with Gasteiger partial charge in [-0.1, -0.05) is 18.2 Å². The molecule has 1 unspecified atom stereocenters. The third-order valence-corrected chi connectivity index (χ3v) is 5.94. The molecule has 3 rings (SSSR count). The molecule has 0 aliphatic heterocycles.